The van der Waals surface area contributed by atoms with Crippen molar-refractivity contribution < 1.29 is 33.0 Å². The Morgan fingerprint density at radius 3 is 1.66 bits per heavy atom. The number of methoxy groups -OCH3 is 2. The first-order valence-electron chi connectivity index (χ1n) is 9.96. The lowest BCUT2D eigenvalue weighted by Crippen LogP contribution is -1.97. The lowest BCUT2D eigenvalue weighted by atomic mass is 10.1. The molecule has 0 aliphatic rings. The van der Waals surface area contributed by atoms with Gasteiger partial charge in [-0.15, -0.1) is 0 Å². The summed E-state index contributed by atoms with van der Waals surface area (Å²) in [5, 5.41) is 9.85. The van der Waals surface area contributed by atoms with E-state index in [0.29, 0.717) is 39.0 Å². The van der Waals surface area contributed by atoms with Gasteiger partial charge in [-0.05, 0) is 48.0 Å². The minimum absolute atomic E-state index is 0.235. The van der Waals surface area contributed by atoms with Crippen molar-refractivity contribution in [3.05, 3.63) is 59.0 Å². The van der Waals surface area contributed by atoms with Gasteiger partial charge >= 0.3 is 5.97 Å². The van der Waals surface area contributed by atoms with Crippen molar-refractivity contribution in [1.29, 1.82) is 0 Å². The molecule has 0 spiro atoms. The molecule has 0 saturated heterocycles. The van der Waals surface area contributed by atoms with E-state index in [1.807, 2.05) is 19.9 Å². The second-order valence-corrected chi connectivity index (χ2v) is 7.17. The van der Waals surface area contributed by atoms with Crippen LogP contribution < -0.4 is 9.47 Å². The van der Waals surface area contributed by atoms with Crippen molar-refractivity contribution in [1.82, 2.24) is 0 Å². The van der Waals surface area contributed by atoms with Gasteiger partial charge in [-0.1, -0.05) is 13.8 Å². The van der Waals surface area contributed by atoms with E-state index >= 15 is 0 Å². The SMILES string of the molecule is CCc1cc2c(C(=O)Cl)ccc(OC)c2o1.CCc1cc2c(C(=O)O)ccc(OC)c2o1. The van der Waals surface area contributed by atoms with E-state index < -0.39 is 11.2 Å². The van der Waals surface area contributed by atoms with E-state index in [4.69, 9.17) is 35.0 Å². The molecule has 0 radical (unpaired) electrons. The highest BCUT2D eigenvalue weighted by atomic mass is 35.5. The maximum Gasteiger partial charge on any atom is 0.336 e. The van der Waals surface area contributed by atoms with Crippen LogP contribution in [0.2, 0.25) is 0 Å². The van der Waals surface area contributed by atoms with Crippen molar-refractivity contribution >= 4 is 44.8 Å². The van der Waals surface area contributed by atoms with Crippen LogP contribution in [0.3, 0.4) is 0 Å². The largest absolute Gasteiger partial charge is 0.493 e. The van der Waals surface area contributed by atoms with Crippen LogP contribution in [0.15, 0.2) is 45.2 Å². The van der Waals surface area contributed by atoms with Crippen LogP contribution in [-0.2, 0) is 12.8 Å². The molecule has 2 aromatic heterocycles. The predicted octanol–water partition coefficient (Wildman–Crippen LogP) is 6.08. The van der Waals surface area contributed by atoms with Crippen molar-refractivity contribution in [2.24, 2.45) is 0 Å². The van der Waals surface area contributed by atoms with Crippen LogP contribution in [-0.4, -0.2) is 30.5 Å². The normalized spacial score (nSPS) is 10.7. The van der Waals surface area contributed by atoms with E-state index in [1.165, 1.54) is 13.2 Å². The Balaban J connectivity index is 0.000000181. The molecule has 2 heterocycles. The van der Waals surface area contributed by atoms with Crippen LogP contribution in [0.1, 0.15) is 46.1 Å². The fourth-order valence-electron chi connectivity index (χ4n) is 3.33. The van der Waals surface area contributed by atoms with Crippen molar-refractivity contribution in [2.45, 2.75) is 26.7 Å². The Bertz CT molecular complexity index is 1180. The molecule has 1 N–H and O–H groups in total. The maximum atomic E-state index is 11.2. The summed E-state index contributed by atoms with van der Waals surface area (Å²) in [5.74, 6) is 1.76. The van der Waals surface area contributed by atoms with E-state index in [0.717, 1.165) is 24.4 Å². The number of carboxylic acid groups (broad SMARTS) is 1. The summed E-state index contributed by atoms with van der Waals surface area (Å²) in [6.45, 7) is 3.93. The number of benzene rings is 2. The molecule has 32 heavy (non-hydrogen) atoms. The molecule has 0 fully saturated rings. The highest BCUT2D eigenvalue weighted by Gasteiger charge is 2.17. The molecule has 0 unspecified atom stereocenters. The summed E-state index contributed by atoms with van der Waals surface area (Å²) in [6.07, 6.45) is 1.48. The minimum atomic E-state index is -0.962. The van der Waals surface area contributed by atoms with Gasteiger partial charge in [0, 0.05) is 29.2 Å². The molecule has 7 nitrogen and oxygen atoms in total. The van der Waals surface area contributed by atoms with Crippen molar-refractivity contribution in [2.75, 3.05) is 14.2 Å². The molecule has 0 atom stereocenters. The van der Waals surface area contributed by atoms with Crippen LogP contribution in [0.25, 0.3) is 21.9 Å². The number of halogens is 1. The number of rotatable bonds is 6. The van der Waals surface area contributed by atoms with E-state index in [2.05, 4.69) is 0 Å². The fourth-order valence-corrected chi connectivity index (χ4v) is 3.49. The molecule has 0 bridgehead atoms. The summed E-state index contributed by atoms with van der Waals surface area (Å²) in [6, 6.07) is 10.0. The zero-order valence-electron chi connectivity index (χ0n) is 18.2. The summed E-state index contributed by atoms with van der Waals surface area (Å²) in [4.78, 5) is 22.3. The Morgan fingerprint density at radius 2 is 1.28 bits per heavy atom. The minimum Gasteiger partial charge on any atom is -0.493 e. The number of fused-ring (bicyclic) bond motifs is 2. The van der Waals surface area contributed by atoms with Gasteiger partial charge < -0.3 is 23.4 Å². The van der Waals surface area contributed by atoms with Crippen LogP contribution in [0.4, 0.5) is 0 Å². The molecule has 4 aromatic rings. The average Bonchev–Trinajstić information content (AvgIpc) is 3.42. The number of ether oxygens (including phenoxy) is 2. The first-order chi connectivity index (χ1) is 15.3. The lowest BCUT2D eigenvalue weighted by molar-refractivity contribution is 0.0698. The number of aromatic carboxylic acids is 1. The summed E-state index contributed by atoms with van der Waals surface area (Å²) >= 11 is 5.51. The van der Waals surface area contributed by atoms with Gasteiger partial charge in [-0.2, -0.15) is 0 Å². The monoisotopic (exact) mass is 458 g/mol. The standard InChI is InChI=1S/C12H11ClO3.C12H12O4/c2*1-3-7-6-9-8(12(13)14)4-5-10(15-2)11(9)16-7/h4-6H,3H2,1-2H3;4-6H,3H2,1-2H3,(H,13,14). The number of carboxylic acids is 1. The highest BCUT2D eigenvalue weighted by Crippen LogP contribution is 2.33. The molecular weight excluding hydrogens is 436 g/mol. The van der Waals surface area contributed by atoms with Crippen LogP contribution in [0.5, 0.6) is 11.5 Å². The molecule has 2 aromatic carbocycles. The number of hydrogen-bond acceptors (Lipinski definition) is 6. The third kappa shape index (κ3) is 4.43. The van der Waals surface area contributed by atoms with Gasteiger partial charge in [0.05, 0.1) is 19.8 Å². The molecule has 0 aliphatic carbocycles. The second kappa shape index (κ2) is 9.78. The number of aryl methyl sites for hydroxylation is 2. The zero-order valence-corrected chi connectivity index (χ0v) is 18.9. The average molecular weight is 459 g/mol. The highest BCUT2D eigenvalue weighted by molar-refractivity contribution is 6.68. The van der Waals surface area contributed by atoms with Crippen molar-refractivity contribution in [3.8, 4) is 11.5 Å². The third-order valence-electron chi connectivity index (χ3n) is 4.98. The van der Waals surface area contributed by atoms with Gasteiger partial charge in [-0.25, -0.2) is 4.79 Å². The Morgan fingerprint density at radius 1 is 0.844 bits per heavy atom. The molecule has 0 amide bonds. The second-order valence-electron chi connectivity index (χ2n) is 6.83. The molecule has 0 saturated carbocycles. The quantitative estimate of drug-likeness (QED) is 0.349. The molecule has 0 aliphatic heterocycles. The van der Waals surface area contributed by atoms with Crippen molar-refractivity contribution in [3.63, 3.8) is 0 Å². The lowest BCUT2D eigenvalue weighted by Gasteiger charge is -2.02. The van der Waals surface area contributed by atoms with Crippen LogP contribution >= 0.6 is 11.6 Å². The fraction of sp³-hybridized carbons (Fsp3) is 0.250. The van der Waals surface area contributed by atoms with E-state index in [-0.39, 0.29) is 5.56 Å². The topological polar surface area (TPSA) is 99.1 Å². The van der Waals surface area contributed by atoms with Gasteiger partial charge in [0.2, 0.25) is 0 Å². The summed E-state index contributed by atoms with van der Waals surface area (Å²) in [5.41, 5.74) is 1.75. The molecule has 168 valence electrons. The number of furan rings is 2. The summed E-state index contributed by atoms with van der Waals surface area (Å²) < 4.78 is 21.4. The maximum absolute atomic E-state index is 11.2. The van der Waals surface area contributed by atoms with Gasteiger partial charge in [0.15, 0.2) is 22.7 Å². The summed E-state index contributed by atoms with van der Waals surface area (Å²) in [7, 11) is 3.09. The van der Waals surface area contributed by atoms with E-state index in [1.54, 1.807) is 31.4 Å². The third-order valence-corrected chi connectivity index (χ3v) is 5.18. The molecule has 8 heteroatoms. The molecular formula is C24H23ClO7. The first kappa shape index (κ1) is 23.2. The van der Waals surface area contributed by atoms with E-state index in [9.17, 15) is 9.59 Å². The van der Waals surface area contributed by atoms with Gasteiger partial charge in [-0.3, -0.25) is 4.79 Å². The Kier molecular flexibility index (Phi) is 7.10. The van der Waals surface area contributed by atoms with Crippen LogP contribution in [0, 0.1) is 0 Å². The Hall–Kier alpha value is -3.45. The number of carbonyl (C=O) groups is 2. The zero-order chi connectivity index (χ0) is 23.4. The predicted molar refractivity (Wildman–Crippen MR) is 121 cm³/mol. The van der Waals surface area contributed by atoms with Gasteiger partial charge in [0.1, 0.15) is 11.5 Å². The number of hydrogen-bond donors (Lipinski definition) is 1. The number of carbonyl (C=O) groups excluding carboxylic acids is 1. The smallest absolute Gasteiger partial charge is 0.336 e. The Labute approximate surface area is 189 Å². The first-order valence-corrected chi connectivity index (χ1v) is 10.3. The van der Waals surface area contributed by atoms with Gasteiger partial charge in [0.25, 0.3) is 5.24 Å². The molecule has 4 rings (SSSR count).